The van der Waals surface area contributed by atoms with Crippen LogP contribution in [0.4, 0.5) is 0 Å². The molecule has 0 atom stereocenters. The Morgan fingerprint density at radius 1 is 1.29 bits per heavy atom. The van der Waals surface area contributed by atoms with E-state index in [2.05, 4.69) is 22.9 Å². The average Bonchev–Trinajstić information content (AvgIpc) is 3.00. The summed E-state index contributed by atoms with van der Waals surface area (Å²) in [4.78, 5) is 19.7. The first-order chi connectivity index (χ1) is 10.2. The van der Waals surface area contributed by atoms with Crippen LogP contribution < -0.4 is 0 Å². The van der Waals surface area contributed by atoms with Gasteiger partial charge in [0, 0.05) is 18.7 Å². The first kappa shape index (κ1) is 15.9. The fraction of sp³-hybridized carbons (Fsp3) is 0.412. The molecule has 0 aliphatic rings. The number of Topliss-reactive ketones (excluding diaryl/α,β-unsaturated/α-hetero) is 1. The summed E-state index contributed by atoms with van der Waals surface area (Å²) in [6.45, 7) is 6.92. The van der Waals surface area contributed by atoms with Gasteiger partial charge in [-0.1, -0.05) is 19.1 Å². The van der Waals surface area contributed by atoms with Crippen molar-refractivity contribution in [2.45, 2.75) is 33.2 Å². The van der Waals surface area contributed by atoms with Crippen LogP contribution in [0, 0.1) is 6.92 Å². The van der Waals surface area contributed by atoms with Crippen LogP contribution >= 0.6 is 11.3 Å². The van der Waals surface area contributed by atoms with Gasteiger partial charge in [0.25, 0.3) is 0 Å². The number of aromatic nitrogens is 1. The van der Waals surface area contributed by atoms with Crippen LogP contribution in [0.1, 0.15) is 40.8 Å². The summed E-state index contributed by atoms with van der Waals surface area (Å²) in [5.74, 6) is 0.259. The third-order valence-corrected chi connectivity index (χ3v) is 4.36. The van der Waals surface area contributed by atoms with E-state index in [0.29, 0.717) is 6.42 Å². The largest absolute Gasteiger partial charge is 0.298 e. The maximum Gasteiger partial charge on any atom is 0.172 e. The molecular formula is C17H22N2OS. The molecule has 21 heavy (non-hydrogen) atoms. The number of thiophene rings is 1. The number of carbonyl (C=O) groups excluding carboxylic acids is 1. The molecule has 0 saturated carbocycles. The number of aryl methyl sites for hydroxylation is 1. The third-order valence-electron chi connectivity index (χ3n) is 3.45. The molecule has 0 fully saturated rings. The second-order valence-electron chi connectivity index (χ2n) is 5.14. The van der Waals surface area contributed by atoms with E-state index in [1.165, 1.54) is 11.3 Å². The Hall–Kier alpha value is -1.52. The van der Waals surface area contributed by atoms with E-state index < -0.39 is 0 Å². The third kappa shape index (κ3) is 5.06. The van der Waals surface area contributed by atoms with Crippen molar-refractivity contribution >= 4 is 17.1 Å². The van der Waals surface area contributed by atoms with Gasteiger partial charge in [-0.15, -0.1) is 11.3 Å². The topological polar surface area (TPSA) is 33.2 Å². The zero-order chi connectivity index (χ0) is 15.1. The van der Waals surface area contributed by atoms with Gasteiger partial charge in [-0.25, -0.2) is 0 Å². The molecule has 0 spiro atoms. The van der Waals surface area contributed by atoms with Gasteiger partial charge in [-0.05, 0) is 50.0 Å². The van der Waals surface area contributed by atoms with Crippen LogP contribution in [0.15, 0.2) is 35.7 Å². The van der Waals surface area contributed by atoms with Crippen LogP contribution in [0.5, 0.6) is 0 Å². The average molecular weight is 302 g/mol. The number of nitrogens with zero attached hydrogens (tertiary/aromatic N) is 2. The molecule has 2 aromatic heterocycles. The van der Waals surface area contributed by atoms with Crippen LogP contribution in [0.2, 0.25) is 0 Å². The van der Waals surface area contributed by atoms with E-state index in [-0.39, 0.29) is 5.78 Å². The molecule has 0 N–H and O–H groups in total. The maximum atomic E-state index is 12.0. The van der Waals surface area contributed by atoms with Crippen molar-refractivity contribution in [3.05, 3.63) is 52.0 Å². The molecule has 2 rings (SSSR count). The molecule has 0 radical (unpaired) electrons. The van der Waals surface area contributed by atoms with Crippen LogP contribution in [-0.4, -0.2) is 28.8 Å². The number of ketones is 1. The summed E-state index contributed by atoms with van der Waals surface area (Å²) in [6.07, 6.45) is 1.52. The van der Waals surface area contributed by atoms with Gasteiger partial charge in [0.05, 0.1) is 10.6 Å². The number of rotatable bonds is 8. The summed E-state index contributed by atoms with van der Waals surface area (Å²) >= 11 is 1.53. The van der Waals surface area contributed by atoms with E-state index >= 15 is 0 Å². The molecule has 112 valence electrons. The summed E-state index contributed by atoms with van der Waals surface area (Å²) in [5.41, 5.74) is 2.15. The fourth-order valence-electron chi connectivity index (χ4n) is 2.29. The predicted molar refractivity (Wildman–Crippen MR) is 87.8 cm³/mol. The molecule has 0 aliphatic heterocycles. The predicted octanol–water partition coefficient (Wildman–Crippen LogP) is 3.94. The normalized spacial score (nSPS) is 11.0. The standard InChI is InChI=1S/C17H22N2OS/c1-3-19(13-15-8-4-7-14(2)18-15)11-5-9-16(20)17-10-6-12-21-17/h4,6-8,10,12H,3,5,9,11,13H2,1-2H3. The second-order valence-corrected chi connectivity index (χ2v) is 6.09. The van der Waals surface area contributed by atoms with Gasteiger partial charge in [0.2, 0.25) is 0 Å². The fourth-order valence-corrected chi connectivity index (χ4v) is 2.98. The smallest absolute Gasteiger partial charge is 0.172 e. The minimum Gasteiger partial charge on any atom is -0.298 e. The highest BCUT2D eigenvalue weighted by atomic mass is 32.1. The molecule has 4 heteroatoms. The lowest BCUT2D eigenvalue weighted by atomic mass is 10.2. The van der Waals surface area contributed by atoms with Gasteiger partial charge in [-0.3, -0.25) is 14.7 Å². The zero-order valence-electron chi connectivity index (χ0n) is 12.7. The highest BCUT2D eigenvalue weighted by Gasteiger charge is 2.09. The van der Waals surface area contributed by atoms with Crippen molar-refractivity contribution < 1.29 is 4.79 Å². The van der Waals surface area contributed by atoms with E-state index in [9.17, 15) is 4.79 Å². The summed E-state index contributed by atoms with van der Waals surface area (Å²) < 4.78 is 0. The Balaban J connectivity index is 1.79. The SMILES string of the molecule is CCN(CCCC(=O)c1cccs1)Cc1cccc(C)n1. The molecule has 0 bridgehead atoms. The Kier molecular flexibility index (Phi) is 6.08. The molecule has 0 saturated heterocycles. The quantitative estimate of drug-likeness (QED) is 0.693. The lowest BCUT2D eigenvalue weighted by Crippen LogP contribution is -2.25. The monoisotopic (exact) mass is 302 g/mol. The minimum absolute atomic E-state index is 0.259. The first-order valence-electron chi connectivity index (χ1n) is 7.40. The summed E-state index contributed by atoms with van der Waals surface area (Å²) in [6, 6.07) is 9.96. The molecule has 0 aromatic carbocycles. The van der Waals surface area contributed by atoms with Crippen molar-refractivity contribution in [2.24, 2.45) is 0 Å². The van der Waals surface area contributed by atoms with E-state index in [1.807, 2.05) is 36.6 Å². The van der Waals surface area contributed by atoms with E-state index in [4.69, 9.17) is 0 Å². The van der Waals surface area contributed by atoms with Gasteiger partial charge in [0.15, 0.2) is 5.78 Å². The van der Waals surface area contributed by atoms with Crippen molar-refractivity contribution in [3.63, 3.8) is 0 Å². The Labute approximate surface area is 130 Å². The second kappa shape index (κ2) is 8.05. The Morgan fingerprint density at radius 2 is 2.14 bits per heavy atom. The van der Waals surface area contributed by atoms with Crippen molar-refractivity contribution in [1.29, 1.82) is 0 Å². The molecule has 2 aromatic rings. The summed E-state index contributed by atoms with van der Waals surface area (Å²) in [7, 11) is 0. The van der Waals surface area contributed by atoms with Crippen LogP contribution in [0.25, 0.3) is 0 Å². The lowest BCUT2D eigenvalue weighted by molar-refractivity contribution is 0.0978. The Bertz CT molecular complexity index is 566. The first-order valence-corrected chi connectivity index (χ1v) is 8.28. The molecule has 0 amide bonds. The van der Waals surface area contributed by atoms with Crippen LogP contribution in [0.3, 0.4) is 0 Å². The lowest BCUT2D eigenvalue weighted by Gasteiger charge is -2.19. The van der Waals surface area contributed by atoms with Gasteiger partial charge in [-0.2, -0.15) is 0 Å². The van der Waals surface area contributed by atoms with Crippen molar-refractivity contribution in [3.8, 4) is 0 Å². The van der Waals surface area contributed by atoms with Gasteiger partial charge in [0.1, 0.15) is 0 Å². The molecule has 0 unspecified atom stereocenters. The number of hydrogen-bond donors (Lipinski definition) is 0. The van der Waals surface area contributed by atoms with Gasteiger partial charge >= 0.3 is 0 Å². The van der Waals surface area contributed by atoms with Crippen molar-refractivity contribution in [1.82, 2.24) is 9.88 Å². The maximum absolute atomic E-state index is 12.0. The highest BCUT2D eigenvalue weighted by molar-refractivity contribution is 7.12. The zero-order valence-corrected chi connectivity index (χ0v) is 13.5. The van der Waals surface area contributed by atoms with E-state index in [0.717, 1.165) is 42.3 Å². The van der Waals surface area contributed by atoms with Crippen molar-refractivity contribution in [2.75, 3.05) is 13.1 Å². The Morgan fingerprint density at radius 3 is 2.81 bits per heavy atom. The minimum atomic E-state index is 0.259. The van der Waals surface area contributed by atoms with Crippen LogP contribution in [-0.2, 0) is 6.54 Å². The summed E-state index contributed by atoms with van der Waals surface area (Å²) in [5, 5.41) is 1.95. The molecule has 2 heterocycles. The molecule has 0 aliphatic carbocycles. The molecule has 3 nitrogen and oxygen atoms in total. The number of carbonyl (C=O) groups is 1. The van der Waals surface area contributed by atoms with E-state index in [1.54, 1.807) is 0 Å². The number of hydrogen-bond acceptors (Lipinski definition) is 4. The van der Waals surface area contributed by atoms with Gasteiger partial charge < -0.3 is 0 Å². The highest BCUT2D eigenvalue weighted by Crippen LogP contribution is 2.13. The molecular weight excluding hydrogens is 280 g/mol. The number of pyridine rings is 1.